The summed E-state index contributed by atoms with van der Waals surface area (Å²) in [5.74, 6) is 0.734. The lowest BCUT2D eigenvalue weighted by molar-refractivity contribution is 0.102. The molecule has 3 aromatic rings. The first kappa shape index (κ1) is 14.8. The van der Waals surface area contributed by atoms with Crippen molar-refractivity contribution in [2.24, 2.45) is 0 Å². The molecule has 5 heteroatoms. The van der Waals surface area contributed by atoms with Gasteiger partial charge in [0.2, 0.25) is 0 Å². The molecule has 0 radical (unpaired) electrons. The quantitative estimate of drug-likeness (QED) is 0.793. The molecule has 2 aromatic carbocycles. The molecular weight excluding hydrogens is 292 g/mol. The zero-order valence-corrected chi connectivity index (χ0v) is 12.9. The molecule has 0 atom stereocenters. The monoisotopic (exact) mass is 308 g/mol. The zero-order valence-electron chi connectivity index (χ0n) is 12.9. The van der Waals surface area contributed by atoms with Gasteiger partial charge in [0.25, 0.3) is 5.91 Å². The number of rotatable bonds is 4. The number of anilines is 1. The van der Waals surface area contributed by atoms with E-state index in [1.807, 2.05) is 43.3 Å². The van der Waals surface area contributed by atoms with E-state index in [9.17, 15) is 4.79 Å². The Hall–Kier alpha value is -3.08. The Morgan fingerprint density at radius 1 is 1.13 bits per heavy atom. The molecule has 0 aliphatic heterocycles. The third kappa shape index (κ3) is 3.08. The highest BCUT2D eigenvalue weighted by atomic mass is 16.5. The van der Waals surface area contributed by atoms with E-state index in [2.05, 4.69) is 10.5 Å². The predicted octanol–water partition coefficient (Wildman–Crippen LogP) is 3.91. The van der Waals surface area contributed by atoms with E-state index < -0.39 is 0 Å². The Morgan fingerprint density at radius 3 is 2.61 bits per heavy atom. The third-order valence-electron chi connectivity index (χ3n) is 3.48. The summed E-state index contributed by atoms with van der Waals surface area (Å²) in [4.78, 5) is 12.5. The first-order valence-corrected chi connectivity index (χ1v) is 7.15. The minimum Gasteiger partial charge on any atom is -0.495 e. The number of nitrogens with one attached hydrogen (secondary N) is 1. The summed E-state index contributed by atoms with van der Waals surface area (Å²) < 4.78 is 10.5. The third-order valence-corrected chi connectivity index (χ3v) is 3.48. The van der Waals surface area contributed by atoms with Crippen molar-refractivity contribution in [1.82, 2.24) is 5.16 Å². The lowest BCUT2D eigenvalue weighted by Gasteiger charge is -2.09. The molecule has 1 aromatic heterocycles. The average molecular weight is 308 g/mol. The van der Waals surface area contributed by atoms with Crippen LogP contribution in [0, 0.1) is 6.92 Å². The molecule has 0 spiro atoms. The van der Waals surface area contributed by atoms with Gasteiger partial charge in [-0.1, -0.05) is 47.1 Å². The maximum atomic E-state index is 12.5. The van der Waals surface area contributed by atoms with E-state index >= 15 is 0 Å². The van der Waals surface area contributed by atoms with Crippen molar-refractivity contribution in [3.05, 3.63) is 65.9 Å². The van der Waals surface area contributed by atoms with E-state index in [1.165, 1.54) is 6.20 Å². The number of amides is 1. The van der Waals surface area contributed by atoms with Crippen molar-refractivity contribution in [2.45, 2.75) is 6.92 Å². The highest BCUT2D eigenvalue weighted by Crippen LogP contribution is 2.27. The van der Waals surface area contributed by atoms with Crippen molar-refractivity contribution >= 4 is 11.6 Å². The lowest BCUT2D eigenvalue weighted by atomic mass is 10.1. The summed E-state index contributed by atoms with van der Waals surface area (Å²) in [5.41, 5.74) is 2.90. The van der Waals surface area contributed by atoms with Gasteiger partial charge in [-0.05, 0) is 19.1 Å². The number of para-hydroxylation sites is 2. The van der Waals surface area contributed by atoms with Gasteiger partial charge in [0.1, 0.15) is 11.3 Å². The highest BCUT2D eigenvalue weighted by molar-refractivity contribution is 6.08. The number of hydrogen-bond acceptors (Lipinski definition) is 4. The first-order chi connectivity index (χ1) is 11.2. The lowest BCUT2D eigenvalue weighted by Crippen LogP contribution is -2.12. The van der Waals surface area contributed by atoms with Crippen LogP contribution in [0.25, 0.3) is 11.3 Å². The van der Waals surface area contributed by atoms with Gasteiger partial charge >= 0.3 is 0 Å². The highest BCUT2D eigenvalue weighted by Gasteiger charge is 2.19. The van der Waals surface area contributed by atoms with E-state index in [0.717, 1.165) is 11.1 Å². The van der Waals surface area contributed by atoms with E-state index in [1.54, 1.807) is 19.2 Å². The molecule has 5 nitrogen and oxygen atoms in total. The summed E-state index contributed by atoms with van der Waals surface area (Å²) in [6.07, 6.45) is 1.42. The molecule has 0 fully saturated rings. The first-order valence-electron chi connectivity index (χ1n) is 7.15. The fraction of sp³-hybridized carbons (Fsp3) is 0.111. The second kappa shape index (κ2) is 6.36. The van der Waals surface area contributed by atoms with Crippen LogP contribution in [-0.2, 0) is 0 Å². The van der Waals surface area contributed by atoms with Gasteiger partial charge in [-0.15, -0.1) is 0 Å². The summed E-state index contributed by atoms with van der Waals surface area (Å²) in [6, 6.07) is 14.9. The van der Waals surface area contributed by atoms with Crippen LogP contribution in [0.2, 0.25) is 0 Å². The SMILES string of the molecule is COc1ccccc1NC(=O)c1cnoc1-c1ccc(C)cc1. The molecule has 0 saturated heterocycles. The summed E-state index contributed by atoms with van der Waals surface area (Å²) in [6.45, 7) is 2.00. The molecule has 23 heavy (non-hydrogen) atoms. The molecular formula is C18H16N2O3. The molecule has 0 unspecified atom stereocenters. The average Bonchev–Trinajstić information content (AvgIpc) is 3.06. The van der Waals surface area contributed by atoms with Crippen LogP contribution in [0.4, 0.5) is 5.69 Å². The zero-order chi connectivity index (χ0) is 16.2. The number of methoxy groups -OCH3 is 1. The number of nitrogens with zero attached hydrogens (tertiary/aromatic N) is 1. The topological polar surface area (TPSA) is 64.4 Å². The number of benzene rings is 2. The number of carbonyl (C=O) groups excluding carboxylic acids is 1. The van der Waals surface area contributed by atoms with Gasteiger partial charge < -0.3 is 14.6 Å². The Morgan fingerprint density at radius 2 is 1.87 bits per heavy atom. The van der Waals surface area contributed by atoms with Crippen LogP contribution in [0.1, 0.15) is 15.9 Å². The predicted molar refractivity (Wildman–Crippen MR) is 87.6 cm³/mol. The normalized spacial score (nSPS) is 10.3. The Labute approximate surface area is 133 Å². The molecule has 3 rings (SSSR count). The molecule has 0 saturated carbocycles. The van der Waals surface area contributed by atoms with Gasteiger partial charge in [-0.2, -0.15) is 0 Å². The maximum absolute atomic E-state index is 12.5. The van der Waals surface area contributed by atoms with Crippen LogP contribution in [0.3, 0.4) is 0 Å². The molecule has 0 bridgehead atoms. The molecule has 0 aliphatic carbocycles. The van der Waals surface area contributed by atoms with Gasteiger partial charge in [0, 0.05) is 5.56 Å². The minimum atomic E-state index is -0.300. The number of hydrogen-bond donors (Lipinski definition) is 1. The molecule has 1 amide bonds. The standard InChI is InChI=1S/C18H16N2O3/c1-12-7-9-13(10-8-12)17-14(11-19-23-17)18(21)20-15-5-3-4-6-16(15)22-2/h3-11H,1-2H3,(H,20,21). The minimum absolute atomic E-state index is 0.300. The number of ether oxygens (including phenoxy) is 1. The van der Waals surface area contributed by atoms with Gasteiger partial charge in [-0.3, -0.25) is 4.79 Å². The number of aryl methyl sites for hydroxylation is 1. The summed E-state index contributed by atoms with van der Waals surface area (Å²) in [7, 11) is 1.56. The smallest absolute Gasteiger partial charge is 0.261 e. The molecule has 1 heterocycles. The summed E-state index contributed by atoms with van der Waals surface area (Å²) in [5, 5.41) is 6.58. The Bertz CT molecular complexity index is 822. The molecule has 0 aliphatic rings. The fourth-order valence-electron chi connectivity index (χ4n) is 2.25. The Balaban J connectivity index is 1.89. The second-order valence-corrected chi connectivity index (χ2v) is 5.09. The van der Waals surface area contributed by atoms with Crippen molar-refractivity contribution in [1.29, 1.82) is 0 Å². The molecule has 116 valence electrons. The van der Waals surface area contributed by atoms with Crippen molar-refractivity contribution in [3.8, 4) is 17.1 Å². The number of carbonyl (C=O) groups is 1. The van der Waals surface area contributed by atoms with E-state index in [0.29, 0.717) is 22.8 Å². The van der Waals surface area contributed by atoms with Gasteiger partial charge in [-0.25, -0.2) is 0 Å². The van der Waals surface area contributed by atoms with Crippen LogP contribution < -0.4 is 10.1 Å². The molecule has 1 N–H and O–H groups in total. The van der Waals surface area contributed by atoms with Gasteiger partial charge in [0.15, 0.2) is 5.76 Å². The fourth-order valence-corrected chi connectivity index (χ4v) is 2.25. The van der Waals surface area contributed by atoms with E-state index in [4.69, 9.17) is 9.26 Å². The Kier molecular flexibility index (Phi) is 4.10. The second-order valence-electron chi connectivity index (χ2n) is 5.09. The number of aromatic nitrogens is 1. The van der Waals surface area contributed by atoms with Crippen molar-refractivity contribution < 1.29 is 14.1 Å². The van der Waals surface area contributed by atoms with Crippen LogP contribution in [0.5, 0.6) is 5.75 Å². The summed E-state index contributed by atoms with van der Waals surface area (Å²) >= 11 is 0. The van der Waals surface area contributed by atoms with Crippen molar-refractivity contribution in [3.63, 3.8) is 0 Å². The van der Waals surface area contributed by atoms with Crippen LogP contribution >= 0.6 is 0 Å². The van der Waals surface area contributed by atoms with Gasteiger partial charge in [0.05, 0.1) is 19.0 Å². The largest absolute Gasteiger partial charge is 0.495 e. The maximum Gasteiger partial charge on any atom is 0.261 e. The van der Waals surface area contributed by atoms with E-state index in [-0.39, 0.29) is 5.91 Å². The van der Waals surface area contributed by atoms with Crippen LogP contribution in [-0.4, -0.2) is 18.2 Å². The van der Waals surface area contributed by atoms with Crippen molar-refractivity contribution in [2.75, 3.05) is 12.4 Å². The van der Waals surface area contributed by atoms with Crippen LogP contribution in [0.15, 0.2) is 59.3 Å².